The summed E-state index contributed by atoms with van der Waals surface area (Å²) >= 11 is 0. The Labute approximate surface area is 228 Å². The molecule has 2 fully saturated rings. The molecule has 0 spiro atoms. The number of hydrogen-bond donors (Lipinski definition) is 0. The van der Waals surface area contributed by atoms with Crippen molar-refractivity contribution in [2.24, 2.45) is 10.9 Å². The van der Waals surface area contributed by atoms with Crippen LogP contribution in [0.5, 0.6) is 0 Å². The van der Waals surface area contributed by atoms with Crippen LogP contribution in [0.4, 0.5) is 0 Å². The molecule has 0 bridgehead atoms. The highest BCUT2D eigenvalue weighted by Gasteiger charge is 2.30. The molecule has 3 aromatic heterocycles. The van der Waals surface area contributed by atoms with Crippen molar-refractivity contribution in [1.82, 2.24) is 28.9 Å². The summed E-state index contributed by atoms with van der Waals surface area (Å²) in [5.74, 6) is 0.865. The van der Waals surface area contributed by atoms with Crippen LogP contribution < -0.4 is 0 Å². The molecule has 9 heteroatoms. The molecule has 0 radical (unpaired) electrons. The van der Waals surface area contributed by atoms with Crippen molar-refractivity contribution in [3.63, 3.8) is 0 Å². The zero-order valence-electron chi connectivity index (χ0n) is 22.9. The molecular formula is C30H35N7O2. The molecule has 1 aliphatic carbocycles. The first-order valence-electron chi connectivity index (χ1n) is 13.8. The topological polar surface area (TPSA) is 88.6 Å². The summed E-state index contributed by atoms with van der Waals surface area (Å²) in [4.78, 5) is 44.3. The van der Waals surface area contributed by atoms with Crippen LogP contribution in [0.15, 0.2) is 41.5 Å². The van der Waals surface area contributed by atoms with Gasteiger partial charge in [-0.3, -0.25) is 9.59 Å². The second-order valence-corrected chi connectivity index (χ2v) is 11.0. The van der Waals surface area contributed by atoms with E-state index in [0.29, 0.717) is 53.8 Å². The van der Waals surface area contributed by atoms with Gasteiger partial charge in [0.2, 0.25) is 0 Å². The zero-order valence-corrected chi connectivity index (χ0v) is 22.9. The third-order valence-electron chi connectivity index (χ3n) is 8.22. The molecule has 202 valence electrons. The highest BCUT2D eigenvalue weighted by Crippen LogP contribution is 2.37. The number of piperidine rings is 1. The van der Waals surface area contributed by atoms with Gasteiger partial charge in [0.05, 0.1) is 22.3 Å². The number of carbonyl (C=O) groups is 2. The molecule has 1 aliphatic heterocycles. The van der Waals surface area contributed by atoms with Crippen LogP contribution in [0, 0.1) is 5.92 Å². The number of likely N-dealkylation sites (N-methyl/N-ethyl adjacent to an activating group) is 1. The number of carbonyl (C=O) groups excluding carboxylic acids is 2. The number of nitrogens with zero attached hydrogens (tertiary/aromatic N) is 7. The molecule has 9 nitrogen and oxygen atoms in total. The van der Waals surface area contributed by atoms with Crippen molar-refractivity contribution < 1.29 is 9.59 Å². The average Bonchev–Trinajstić information content (AvgIpc) is 3.60. The quantitative estimate of drug-likeness (QED) is 0.332. The van der Waals surface area contributed by atoms with Crippen LogP contribution in [0.3, 0.4) is 0 Å². The van der Waals surface area contributed by atoms with Crippen LogP contribution in [0.2, 0.25) is 0 Å². The smallest absolute Gasteiger partial charge is 0.278 e. The first-order valence-corrected chi connectivity index (χ1v) is 13.8. The summed E-state index contributed by atoms with van der Waals surface area (Å²) in [5, 5.41) is 1.06. The number of amides is 2. The van der Waals surface area contributed by atoms with Crippen LogP contribution in [-0.4, -0.2) is 80.7 Å². The summed E-state index contributed by atoms with van der Waals surface area (Å²) in [6.45, 7) is 8.39. The highest BCUT2D eigenvalue weighted by atomic mass is 16.2. The molecule has 2 aliphatic rings. The van der Waals surface area contributed by atoms with Gasteiger partial charge in [0.1, 0.15) is 5.65 Å². The number of imidazole rings is 1. The molecule has 1 saturated carbocycles. The van der Waals surface area contributed by atoms with Crippen molar-refractivity contribution >= 4 is 40.6 Å². The Balaban J connectivity index is 1.51. The van der Waals surface area contributed by atoms with Crippen molar-refractivity contribution in [3.8, 4) is 11.5 Å². The fraction of sp³-hybridized carbons (Fsp3) is 0.433. The predicted octanol–water partition coefficient (Wildman–Crippen LogP) is 4.49. The van der Waals surface area contributed by atoms with Crippen molar-refractivity contribution in [3.05, 3.63) is 47.7 Å². The highest BCUT2D eigenvalue weighted by molar-refractivity contribution is 6.10. The van der Waals surface area contributed by atoms with Gasteiger partial charge in [-0.05, 0) is 89.7 Å². The Morgan fingerprint density at radius 3 is 2.69 bits per heavy atom. The molecule has 4 heterocycles. The molecule has 0 unspecified atom stereocenters. The van der Waals surface area contributed by atoms with E-state index in [4.69, 9.17) is 4.98 Å². The minimum Gasteiger partial charge on any atom is -0.337 e. The Hall–Kier alpha value is -3.85. The van der Waals surface area contributed by atoms with E-state index in [-0.39, 0.29) is 5.91 Å². The fourth-order valence-electron chi connectivity index (χ4n) is 5.90. The Bertz CT molecular complexity index is 1590. The van der Waals surface area contributed by atoms with E-state index in [1.54, 1.807) is 6.07 Å². The van der Waals surface area contributed by atoms with E-state index in [1.165, 1.54) is 12.8 Å². The molecule has 0 N–H and O–H groups in total. The number of rotatable bonds is 7. The minimum atomic E-state index is -0.458. The lowest BCUT2D eigenvalue weighted by atomic mass is 10.0. The van der Waals surface area contributed by atoms with Gasteiger partial charge in [0.15, 0.2) is 5.82 Å². The largest absolute Gasteiger partial charge is 0.337 e. The van der Waals surface area contributed by atoms with Gasteiger partial charge in [-0.1, -0.05) is 0 Å². The van der Waals surface area contributed by atoms with Crippen LogP contribution in [0.25, 0.3) is 33.6 Å². The van der Waals surface area contributed by atoms with E-state index < -0.39 is 5.91 Å². The monoisotopic (exact) mass is 525 g/mol. The van der Waals surface area contributed by atoms with Crippen molar-refractivity contribution in [2.75, 3.05) is 27.2 Å². The van der Waals surface area contributed by atoms with Gasteiger partial charge < -0.3 is 18.9 Å². The van der Waals surface area contributed by atoms with E-state index in [0.717, 1.165) is 41.9 Å². The summed E-state index contributed by atoms with van der Waals surface area (Å²) in [7, 11) is 4.10. The molecule has 39 heavy (non-hydrogen) atoms. The van der Waals surface area contributed by atoms with Gasteiger partial charge in [0, 0.05) is 49.4 Å². The average molecular weight is 526 g/mol. The lowest BCUT2D eigenvalue weighted by molar-refractivity contribution is 0.0635. The van der Waals surface area contributed by atoms with Gasteiger partial charge in [0.25, 0.3) is 11.8 Å². The maximum Gasteiger partial charge on any atom is 0.278 e. The number of aliphatic imine (C=N–C) groups is 1. The summed E-state index contributed by atoms with van der Waals surface area (Å²) in [6, 6.07) is 9.98. The van der Waals surface area contributed by atoms with Crippen LogP contribution >= 0.6 is 0 Å². The third-order valence-corrected chi connectivity index (χ3v) is 8.22. The van der Waals surface area contributed by atoms with Gasteiger partial charge in [-0.15, -0.1) is 0 Å². The first-order chi connectivity index (χ1) is 18.9. The van der Waals surface area contributed by atoms with Crippen molar-refractivity contribution in [2.45, 2.75) is 51.7 Å². The van der Waals surface area contributed by atoms with Crippen LogP contribution in [-0.2, 0) is 13.1 Å². The molecule has 1 aromatic carbocycles. The number of hydrogen-bond acceptors (Lipinski definition) is 5. The minimum absolute atomic E-state index is 0.0822. The predicted molar refractivity (Wildman–Crippen MR) is 153 cm³/mol. The van der Waals surface area contributed by atoms with Crippen molar-refractivity contribution in [1.29, 1.82) is 0 Å². The number of benzene rings is 1. The lowest BCUT2D eigenvalue weighted by Crippen LogP contribution is -2.47. The van der Waals surface area contributed by atoms with Gasteiger partial charge in [-0.25, -0.2) is 15.0 Å². The number of aryl methyl sites for hydroxylation is 1. The summed E-state index contributed by atoms with van der Waals surface area (Å²) in [6.07, 6.45) is 6.27. The zero-order chi connectivity index (χ0) is 27.3. The van der Waals surface area contributed by atoms with E-state index in [1.807, 2.05) is 44.2 Å². The first kappa shape index (κ1) is 25.4. The summed E-state index contributed by atoms with van der Waals surface area (Å²) < 4.78 is 4.32. The molecular weight excluding hydrogens is 490 g/mol. The molecule has 1 atom stereocenters. The number of fused-ring (bicyclic) bond motifs is 2. The molecule has 1 saturated heterocycles. The maximum atomic E-state index is 13.7. The van der Waals surface area contributed by atoms with E-state index >= 15 is 0 Å². The van der Waals surface area contributed by atoms with E-state index in [9.17, 15) is 9.59 Å². The molecule has 6 rings (SSSR count). The van der Waals surface area contributed by atoms with E-state index in [2.05, 4.69) is 42.9 Å². The Morgan fingerprint density at radius 1 is 1.15 bits per heavy atom. The second-order valence-electron chi connectivity index (χ2n) is 11.0. The van der Waals surface area contributed by atoms with Crippen LogP contribution in [0.1, 0.15) is 53.3 Å². The normalized spacial score (nSPS) is 17.8. The fourth-order valence-corrected chi connectivity index (χ4v) is 5.90. The number of pyridine rings is 1. The molecule has 2 amide bonds. The Morgan fingerprint density at radius 2 is 1.97 bits per heavy atom. The standard InChI is InChI=1S/C30H35N7O2/c1-5-36-26-23(29(38)31-2)14-21(30(39)35-13-7-9-22(18-35)34(3)4)15-24(26)33-28(36)25-16-20-8-6-12-32-27(20)37(25)17-19-10-11-19/h6,8,12,14-16,19,22H,2,5,7,9-11,13,17-18H2,1,3-4H3/t22-/m1/s1. The van der Waals surface area contributed by atoms with Gasteiger partial charge >= 0.3 is 0 Å². The van der Waals surface area contributed by atoms with Gasteiger partial charge in [-0.2, -0.15) is 0 Å². The number of aromatic nitrogens is 4. The number of likely N-dealkylation sites (tertiary alicyclic amines) is 1. The Kier molecular flexibility index (Phi) is 6.54. The third kappa shape index (κ3) is 4.54. The lowest BCUT2D eigenvalue weighted by Gasteiger charge is -2.36. The maximum absolute atomic E-state index is 13.7. The molecule has 4 aromatic rings. The SMILES string of the molecule is C=NC(=O)c1cc(C(=O)N2CCC[C@@H](N(C)C)C2)cc2nc(-c3cc4cccnc4n3CC3CC3)n(CC)c12. The summed E-state index contributed by atoms with van der Waals surface area (Å²) in [5.41, 5.74) is 4.02. The second kappa shape index (κ2) is 10.0.